The molecule has 1 saturated carbocycles. The first kappa shape index (κ1) is 17.3. The van der Waals surface area contributed by atoms with Crippen molar-refractivity contribution in [1.82, 2.24) is 0 Å². The molecule has 17 heavy (non-hydrogen) atoms. The molecular formula is C13H20Cl2OTi. The normalized spacial score (nSPS) is 12.9. The molecule has 0 aromatic heterocycles. The maximum atomic E-state index is 9.21. The average molecular weight is 311 g/mol. The molecule has 0 unspecified atom stereocenters. The molecule has 1 aromatic rings. The maximum absolute atomic E-state index is 9.21. The molecule has 1 N–H and O–H groups in total. The van der Waals surface area contributed by atoms with Crippen LogP contribution in [0.4, 0.5) is 0 Å². The summed E-state index contributed by atoms with van der Waals surface area (Å²) in [5, 5.41) is 9.21. The van der Waals surface area contributed by atoms with Crippen LogP contribution in [-0.2, 0) is 17.0 Å². The average Bonchev–Trinajstić information content (AvgIpc) is 2.85. The van der Waals surface area contributed by atoms with Crippen molar-refractivity contribution in [3.8, 4) is 5.75 Å². The van der Waals surface area contributed by atoms with Gasteiger partial charge in [0.2, 0.25) is 0 Å². The second-order valence-electron chi connectivity index (χ2n) is 4.08. The minimum atomic E-state index is -0.556. The van der Waals surface area contributed by atoms with E-state index in [0.717, 1.165) is 11.1 Å². The van der Waals surface area contributed by atoms with Gasteiger partial charge < -0.3 is 5.11 Å². The second kappa shape index (κ2) is 11.4. The summed E-state index contributed by atoms with van der Waals surface area (Å²) in [6, 6.07) is 5.72. The first-order valence-electron chi connectivity index (χ1n) is 5.85. The fraction of sp³-hybridized carbons (Fsp3) is 0.538. The number of phenolic OH excluding ortho intramolecular Hbond substituents is 1. The van der Waals surface area contributed by atoms with Crippen molar-refractivity contribution in [3.05, 3.63) is 29.3 Å². The molecular weight excluding hydrogens is 291 g/mol. The van der Waals surface area contributed by atoms with Gasteiger partial charge in [0.25, 0.3) is 0 Å². The Labute approximate surface area is 121 Å². The van der Waals surface area contributed by atoms with E-state index < -0.39 is 17.0 Å². The van der Waals surface area contributed by atoms with Crippen LogP contribution in [0.2, 0.25) is 0 Å². The van der Waals surface area contributed by atoms with Crippen LogP contribution in [0.3, 0.4) is 0 Å². The third-order valence-corrected chi connectivity index (χ3v) is 2.69. The Hall–Kier alpha value is 0.314. The second-order valence-corrected chi connectivity index (χ2v) is 6.66. The molecule has 1 fully saturated rings. The van der Waals surface area contributed by atoms with Crippen molar-refractivity contribution >= 4 is 18.6 Å². The number of hydrogen-bond donors (Lipinski definition) is 1. The van der Waals surface area contributed by atoms with E-state index in [9.17, 15) is 5.11 Å². The van der Waals surface area contributed by atoms with Crippen LogP contribution in [-0.4, -0.2) is 5.11 Å². The SMILES string of the molecule is C1CCCC1.Cc1cccc(C)c1O.[Cl][Ti][Cl]. The predicted octanol–water partition coefficient (Wildman–Crippen LogP) is 5.34. The summed E-state index contributed by atoms with van der Waals surface area (Å²) in [5.41, 5.74) is 1.88. The molecule has 0 saturated heterocycles. The molecule has 1 aromatic carbocycles. The number of phenols is 1. The zero-order valence-electron chi connectivity index (χ0n) is 10.5. The molecule has 96 valence electrons. The summed E-state index contributed by atoms with van der Waals surface area (Å²) in [5.74, 6) is 0.414. The molecule has 0 bridgehead atoms. The summed E-state index contributed by atoms with van der Waals surface area (Å²) in [6.07, 6.45) is 7.50. The van der Waals surface area contributed by atoms with Crippen LogP contribution in [0.5, 0.6) is 5.75 Å². The van der Waals surface area contributed by atoms with Crippen molar-refractivity contribution in [1.29, 1.82) is 0 Å². The summed E-state index contributed by atoms with van der Waals surface area (Å²) < 4.78 is 0. The Bertz CT molecular complexity index is 274. The van der Waals surface area contributed by atoms with Gasteiger partial charge in [-0.2, -0.15) is 0 Å². The van der Waals surface area contributed by atoms with Gasteiger partial charge in [-0.3, -0.25) is 0 Å². The fourth-order valence-electron chi connectivity index (χ4n) is 1.69. The summed E-state index contributed by atoms with van der Waals surface area (Å²) in [7, 11) is 9.78. The molecule has 1 nitrogen and oxygen atoms in total. The molecule has 4 heteroatoms. The van der Waals surface area contributed by atoms with Crippen molar-refractivity contribution in [2.75, 3.05) is 0 Å². The van der Waals surface area contributed by atoms with Crippen molar-refractivity contribution in [2.24, 2.45) is 0 Å². The molecule has 0 aliphatic heterocycles. The van der Waals surface area contributed by atoms with Crippen molar-refractivity contribution in [2.45, 2.75) is 46.0 Å². The van der Waals surface area contributed by atoms with Gasteiger partial charge in [0.1, 0.15) is 5.75 Å². The van der Waals surface area contributed by atoms with Crippen LogP contribution < -0.4 is 0 Å². The van der Waals surface area contributed by atoms with Gasteiger partial charge >= 0.3 is 35.6 Å². The van der Waals surface area contributed by atoms with Gasteiger partial charge in [0.05, 0.1) is 0 Å². The minimum absolute atomic E-state index is 0.414. The molecule has 0 spiro atoms. The van der Waals surface area contributed by atoms with E-state index in [4.69, 9.17) is 18.6 Å². The van der Waals surface area contributed by atoms with Gasteiger partial charge in [-0.15, -0.1) is 0 Å². The van der Waals surface area contributed by atoms with Crippen LogP contribution in [0.15, 0.2) is 18.2 Å². The number of aromatic hydroxyl groups is 1. The molecule has 0 heterocycles. The number of benzene rings is 1. The number of rotatable bonds is 0. The van der Waals surface area contributed by atoms with E-state index in [2.05, 4.69) is 0 Å². The Kier molecular flexibility index (Phi) is 11.6. The van der Waals surface area contributed by atoms with Gasteiger partial charge in [-0.25, -0.2) is 0 Å². The quantitative estimate of drug-likeness (QED) is 0.642. The summed E-state index contributed by atoms with van der Waals surface area (Å²) in [4.78, 5) is 0. The standard InChI is InChI=1S/C8H10O.C5H10.2ClH.Ti/c1-6-4-3-5-7(2)8(6)9;1-2-4-5-3-1;;;/h3-5,9H,1-2H3;1-5H2;2*1H;/q;;;;+2/p-2. The van der Waals surface area contributed by atoms with Crippen molar-refractivity contribution < 1.29 is 22.1 Å². The molecule has 2 rings (SSSR count). The van der Waals surface area contributed by atoms with Gasteiger partial charge in [-0.05, 0) is 25.0 Å². The van der Waals surface area contributed by atoms with Gasteiger partial charge in [0.15, 0.2) is 0 Å². The molecule has 0 amide bonds. The number of hydrogen-bond acceptors (Lipinski definition) is 1. The third kappa shape index (κ3) is 8.96. The van der Waals surface area contributed by atoms with Crippen molar-refractivity contribution in [3.63, 3.8) is 0 Å². The zero-order chi connectivity index (χ0) is 13.1. The molecule has 0 radical (unpaired) electrons. The van der Waals surface area contributed by atoms with E-state index >= 15 is 0 Å². The Morgan fingerprint density at radius 2 is 1.24 bits per heavy atom. The number of aryl methyl sites for hydroxylation is 2. The predicted molar refractivity (Wildman–Crippen MR) is 72.4 cm³/mol. The molecule has 1 aliphatic rings. The van der Waals surface area contributed by atoms with E-state index in [-0.39, 0.29) is 0 Å². The van der Waals surface area contributed by atoms with Crippen LogP contribution in [0, 0.1) is 13.8 Å². The van der Waals surface area contributed by atoms with Gasteiger partial charge in [-0.1, -0.05) is 50.3 Å². The Morgan fingerprint density at radius 1 is 0.941 bits per heavy atom. The van der Waals surface area contributed by atoms with Crippen LogP contribution in [0.25, 0.3) is 0 Å². The topological polar surface area (TPSA) is 20.2 Å². The Balaban J connectivity index is 0.000000270. The fourth-order valence-corrected chi connectivity index (χ4v) is 1.69. The van der Waals surface area contributed by atoms with E-state index in [0.29, 0.717) is 5.75 Å². The zero-order valence-corrected chi connectivity index (χ0v) is 13.5. The summed E-state index contributed by atoms with van der Waals surface area (Å²) in [6.45, 7) is 3.78. The first-order chi connectivity index (χ1) is 8.13. The number of halogens is 2. The molecule has 1 aliphatic carbocycles. The van der Waals surface area contributed by atoms with E-state index in [1.165, 1.54) is 32.1 Å². The Morgan fingerprint density at radius 3 is 1.47 bits per heavy atom. The first-order valence-corrected chi connectivity index (χ1v) is 10.1. The van der Waals surface area contributed by atoms with Gasteiger partial charge in [0, 0.05) is 0 Å². The monoisotopic (exact) mass is 310 g/mol. The third-order valence-electron chi connectivity index (χ3n) is 2.69. The summed E-state index contributed by atoms with van der Waals surface area (Å²) >= 11 is -0.556. The van der Waals surface area contributed by atoms with E-state index in [1.54, 1.807) is 0 Å². The van der Waals surface area contributed by atoms with E-state index in [1.807, 2.05) is 32.0 Å². The molecule has 0 atom stereocenters. The number of para-hydroxylation sites is 1. The van der Waals surface area contributed by atoms with Crippen LogP contribution >= 0.6 is 18.6 Å². The van der Waals surface area contributed by atoms with Crippen LogP contribution in [0.1, 0.15) is 43.2 Å².